The zero-order chi connectivity index (χ0) is 23.0. The van der Waals surface area contributed by atoms with Crippen LogP contribution in [0.5, 0.6) is 0 Å². The third-order valence-corrected chi connectivity index (χ3v) is 7.92. The van der Waals surface area contributed by atoms with Gasteiger partial charge in [0.05, 0.1) is 18.1 Å². The molecule has 2 N–H and O–H groups in total. The predicted octanol–water partition coefficient (Wildman–Crippen LogP) is 4.08. The van der Waals surface area contributed by atoms with E-state index in [2.05, 4.69) is 4.90 Å². The summed E-state index contributed by atoms with van der Waals surface area (Å²) in [5.41, 5.74) is 3.25. The number of fused-ring (bicyclic) bond motifs is 1. The van der Waals surface area contributed by atoms with Gasteiger partial charge in [0.15, 0.2) is 5.43 Å². The van der Waals surface area contributed by atoms with E-state index in [0.29, 0.717) is 24.2 Å². The van der Waals surface area contributed by atoms with Crippen molar-refractivity contribution in [3.05, 3.63) is 83.0 Å². The second kappa shape index (κ2) is 8.72. The van der Waals surface area contributed by atoms with Crippen molar-refractivity contribution in [1.29, 1.82) is 0 Å². The molecule has 5 rings (SSSR count). The topological polar surface area (TPSA) is 89.7 Å². The SMILES string of the molecule is NS(=O)(=O)c1ccc(-c2sc3ccccc3c(=O)c2-c2ccc(N3CCOCC3)cc2)cc1. The maximum Gasteiger partial charge on any atom is 0.238 e. The average Bonchev–Trinajstić information content (AvgIpc) is 2.84. The first-order chi connectivity index (χ1) is 15.9. The van der Waals surface area contributed by atoms with Gasteiger partial charge in [0.2, 0.25) is 10.0 Å². The van der Waals surface area contributed by atoms with E-state index in [-0.39, 0.29) is 10.3 Å². The molecule has 4 aromatic rings. The van der Waals surface area contributed by atoms with Crippen LogP contribution in [0, 0.1) is 0 Å². The highest BCUT2D eigenvalue weighted by Crippen LogP contribution is 2.37. The molecule has 0 radical (unpaired) electrons. The Labute approximate surface area is 195 Å². The Morgan fingerprint density at radius 2 is 1.48 bits per heavy atom. The minimum absolute atomic E-state index is 0.0378. The largest absolute Gasteiger partial charge is 0.378 e. The summed E-state index contributed by atoms with van der Waals surface area (Å²) in [4.78, 5) is 16.7. The van der Waals surface area contributed by atoms with Gasteiger partial charge in [0.1, 0.15) is 0 Å². The molecule has 6 nitrogen and oxygen atoms in total. The van der Waals surface area contributed by atoms with E-state index in [9.17, 15) is 13.2 Å². The molecule has 0 amide bonds. The Kier molecular flexibility index (Phi) is 5.76. The highest BCUT2D eigenvalue weighted by atomic mass is 32.2. The number of rotatable bonds is 4. The Morgan fingerprint density at radius 3 is 2.15 bits per heavy atom. The zero-order valence-electron chi connectivity index (χ0n) is 17.7. The molecule has 1 aliphatic rings. The fourth-order valence-corrected chi connectivity index (χ4v) is 5.78. The molecule has 0 bridgehead atoms. The number of hydrogen-bond acceptors (Lipinski definition) is 6. The summed E-state index contributed by atoms with van der Waals surface area (Å²) in [7, 11) is -3.79. The maximum atomic E-state index is 13.6. The smallest absolute Gasteiger partial charge is 0.238 e. The lowest BCUT2D eigenvalue weighted by Gasteiger charge is -2.29. The van der Waals surface area contributed by atoms with E-state index in [1.165, 1.54) is 23.5 Å². The lowest BCUT2D eigenvalue weighted by Crippen LogP contribution is -2.36. The highest BCUT2D eigenvalue weighted by molar-refractivity contribution is 7.89. The van der Waals surface area contributed by atoms with Crippen LogP contribution in [0.25, 0.3) is 31.7 Å². The van der Waals surface area contributed by atoms with Gasteiger partial charge in [-0.05, 0) is 47.5 Å². The zero-order valence-corrected chi connectivity index (χ0v) is 19.4. The van der Waals surface area contributed by atoms with Crippen LogP contribution in [0.3, 0.4) is 0 Å². The van der Waals surface area contributed by atoms with Crippen LogP contribution in [-0.4, -0.2) is 34.7 Å². The van der Waals surface area contributed by atoms with Crippen LogP contribution in [0.15, 0.2) is 82.5 Å². The number of nitrogens with zero attached hydrogens (tertiary/aromatic N) is 1. The third kappa shape index (κ3) is 4.30. The quantitative estimate of drug-likeness (QED) is 0.477. The van der Waals surface area contributed by atoms with E-state index in [0.717, 1.165) is 39.5 Å². The molecule has 3 aromatic carbocycles. The van der Waals surface area contributed by atoms with Crippen LogP contribution < -0.4 is 15.5 Å². The summed E-state index contributed by atoms with van der Waals surface area (Å²) in [5, 5.41) is 5.92. The van der Waals surface area contributed by atoms with E-state index < -0.39 is 10.0 Å². The summed E-state index contributed by atoms with van der Waals surface area (Å²) in [6, 6.07) is 21.9. The Balaban J connectivity index is 1.66. The fourth-order valence-electron chi connectivity index (χ4n) is 4.06. The van der Waals surface area contributed by atoms with Gasteiger partial charge in [-0.2, -0.15) is 0 Å². The van der Waals surface area contributed by atoms with Crippen molar-refractivity contribution in [2.24, 2.45) is 5.14 Å². The number of morpholine rings is 1. The maximum absolute atomic E-state index is 13.6. The molecule has 0 atom stereocenters. The first kappa shape index (κ1) is 21.8. The van der Waals surface area contributed by atoms with Crippen LogP contribution in [0.4, 0.5) is 5.69 Å². The second-order valence-electron chi connectivity index (χ2n) is 7.85. The molecule has 1 aromatic heterocycles. The number of hydrogen-bond donors (Lipinski definition) is 1. The molecule has 0 saturated carbocycles. The molecule has 33 heavy (non-hydrogen) atoms. The molecular formula is C25H22N2O4S2. The van der Waals surface area contributed by atoms with Gasteiger partial charge in [-0.1, -0.05) is 36.4 Å². The van der Waals surface area contributed by atoms with E-state index in [1.807, 2.05) is 48.5 Å². The number of anilines is 1. The molecule has 8 heteroatoms. The van der Waals surface area contributed by atoms with Crippen LogP contribution >= 0.6 is 11.3 Å². The molecule has 0 aliphatic carbocycles. The minimum Gasteiger partial charge on any atom is -0.378 e. The van der Waals surface area contributed by atoms with Crippen LogP contribution in [0.2, 0.25) is 0 Å². The van der Waals surface area contributed by atoms with Crippen molar-refractivity contribution in [2.75, 3.05) is 31.2 Å². The number of ether oxygens (including phenoxy) is 1. The molecule has 168 valence electrons. The van der Waals surface area contributed by atoms with Crippen molar-refractivity contribution >= 4 is 37.1 Å². The number of benzene rings is 3. The van der Waals surface area contributed by atoms with Gasteiger partial charge >= 0.3 is 0 Å². The predicted molar refractivity (Wildman–Crippen MR) is 133 cm³/mol. The van der Waals surface area contributed by atoms with Gasteiger partial charge in [-0.25, -0.2) is 13.6 Å². The molecule has 1 aliphatic heterocycles. The first-order valence-corrected chi connectivity index (χ1v) is 12.9. The lowest BCUT2D eigenvalue weighted by atomic mass is 10.00. The molecule has 2 heterocycles. The standard InChI is InChI=1S/C25H22N2O4S2/c26-33(29,30)20-11-7-18(8-12-20)25-23(24(28)21-3-1-2-4-22(21)32-25)17-5-9-19(10-6-17)27-13-15-31-16-14-27/h1-12H,13-16H2,(H2,26,29,30). The monoisotopic (exact) mass is 478 g/mol. The normalized spacial score (nSPS) is 14.5. The van der Waals surface area contributed by atoms with E-state index in [4.69, 9.17) is 9.88 Å². The number of primary sulfonamides is 1. The van der Waals surface area contributed by atoms with Gasteiger partial charge in [0.25, 0.3) is 0 Å². The van der Waals surface area contributed by atoms with Crippen molar-refractivity contribution in [3.8, 4) is 21.6 Å². The molecule has 0 spiro atoms. The van der Waals surface area contributed by atoms with Crippen molar-refractivity contribution in [3.63, 3.8) is 0 Å². The van der Waals surface area contributed by atoms with Gasteiger partial charge in [-0.15, -0.1) is 11.3 Å². The minimum atomic E-state index is -3.79. The highest BCUT2D eigenvalue weighted by Gasteiger charge is 2.18. The van der Waals surface area contributed by atoms with Crippen molar-refractivity contribution < 1.29 is 13.2 Å². The van der Waals surface area contributed by atoms with Crippen LogP contribution in [0.1, 0.15) is 0 Å². The van der Waals surface area contributed by atoms with Gasteiger partial charge in [-0.3, -0.25) is 4.79 Å². The summed E-state index contributed by atoms with van der Waals surface area (Å²) in [6.07, 6.45) is 0. The first-order valence-electron chi connectivity index (χ1n) is 10.5. The molecule has 1 fully saturated rings. The van der Waals surface area contributed by atoms with Crippen molar-refractivity contribution in [2.45, 2.75) is 4.90 Å². The number of sulfonamides is 1. The van der Waals surface area contributed by atoms with Crippen LogP contribution in [-0.2, 0) is 14.8 Å². The summed E-state index contributed by atoms with van der Waals surface area (Å²) >= 11 is 1.51. The summed E-state index contributed by atoms with van der Waals surface area (Å²) in [5.74, 6) is 0. The average molecular weight is 479 g/mol. The Hall–Kier alpha value is -3.04. The summed E-state index contributed by atoms with van der Waals surface area (Å²) < 4.78 is 29.7. The number of nitrogens with two attached hydrogens (primary N) is 1. The molecular weight excluding hydrogens is 456 g/mol. The van der Waals surface area contributed by atoms with Crippen molar-refractivity contribution in [1.82, 2.24) is 0 Å². The van der Waals surface area contributed by atoms with Gasteiger partial charge in [0, 0.05) is 39.3 Å². The Bertz CT molecular complexity index is 1470. The molecule has 0 unspecified atom stereocenters. The summed E-state index contributed by atoms with van der Waals surface area (Å²) in [6.45, 7) is 3.09. The van der Waals surface area contributed by atoms with Gasteiger partial charge < -0.3 is 9.64 Å². The Morgan fingerprint density at radius 1 is 0.848 bits per heavy atom. The molecule has 1 saturated heterocycles. The lowest BCUT2D eigenvalue weighted by molar-refractivity contribution is 0.122. The fraction of sp³-hybridized carbons (Fsp3) is 0.160. The second-order valence-corrected chi connectivity index (χ2v) is 10.5. The van der Waals surface area contributed by atoms with E-state index >= 15 is 0 Å². The third-order valence-electron chi connectivity index (χ3n) is 5.78. The van der Waals surface area contributed by atoms with E-state index in [1.54, 1.807) is 12.1 Å².